The minimum atomic E-state index is 0. The number of rotatable bonds is 7. The average molecular weight is 436 g/mol. The van der Waals surface area contributed by atoms with Gasteiger partial charge in [-0.2, -0.15) is 0 Å². The van der Waals surface area contributed by atoms with E-state index in [-0.39, 0.29) is 24.0 Å². The molecule has 0 aliphatic heterocycles. The average Bonchev–Trinajstić information content (AvgIpc) is 3.01. The van der Waals surface area contributed by atoms with Crippen LogP contribution >= 0.6 is 35.3 Å². The van der Waals surface area contributed by atoms with Gasteiger partial charge in [0.05, 0.1) is 6.54 Å². The minimum Gasteiger partial charge on any atom is -0.370 e. The van der Waals surface area contributed by atoms with E-state index in [9.17, 15) is 0 Å². The molecule has 1 saturated carbocycles. The summed E-state index contributed by atoms with van der Waals surface area (Å²) in [6, 6.07) is 4.99. The second-order valence-electron chi connectivity index (χ2n) is 5.80. The van der Waals surface area contributed by atoms with Gasteiger partial charge in [0, 0.05) is 24.0 Å². The Morgan fingerprint density at radius 2 is 2.18 bits per heavy atom. The lowest BCUT2D eigenvalue weighted by Gasteiger charge is -2.30. The lowest BCUT2D eigenvalue weighted by atomic mass is 9.94. The van der Waals surface area contributed by atoms with Crippen LogP contribution < -0.4 is 11.1 Å². The Morgan fingerprint density at radius 3 is 2.86 bits per heavy atom. The Balaban J connectivity index is 0.00000242. The number of aliphatic imine (C=N–C) groups is 1. The number of nitrogens with zero attached hydrogens (tertiary/aromatic N) is 2. The van der Waals surface area contributed by atoms with Gasteiger partial charge in [-0.05, 0) is 37.8 Å². The molecule has 1 aromatic rings. The van der Waals surface area contributed by atoms with Crippen LogP contribution in [0, 0.1) is 0 Å². The highest BCUT2D eigenvalue weighted by molar-refractivity contribution is 14.0. The van der Waals surface area contributed by atoms with Crippen molar-refractivity contribution in [2.75, 3.05) is 26.7 Å². The number of nitrogens with two attached hydrogens (primary N) is 1. The van der Waals surface area contributed by atoms with Gasteiger partial charge in [-0.3, -0.25) is 4.99 Å². The summed E-state index contributed by atoms with van der Waals surface area (Å²) in [5.41, 5.74) is 5.90. The van der Waals surface area contributed by atoms with Gasteiger partial charge >= 0.3 is 0 Å². The molecule has 0 radical (unpaired) electrons. The molecule has 1 heterocycles. The summed E-state index contributed by atoms with van der Waals surface area (Å²) in [6.07, 6.45) is 7.86. The van der Waals surface area contributed by atoms with Crippen LogP contribution in [-0.4, -0.2) is 43.6 Å². The van der Waals surface area contributed by atoms with E-state index in [4.69, 9.17) is 5.73 Å². The molecular formula is C16H29IN4S. The first-order chi connectivity index (χ1) is 10.3. The van der Waals surface area contributed by atoms with Crippen LogP contribution in [-0.2, 0) is 6.42 Å². The molecule has 0 amide bonds. The van der Waals surface area contributed by atoms with Crippen LogP contribution in [0.25, 0.3) is 0 Å². The van der Waals surface area contributed by atoms with Gasteiger partial charge in [-0.25, -0.2) is 0 Å². The maximum absolute atomic E-state index is 5.90. The molecule has 0 unspecified atom stereocenters. The third-order valence-electron chi connectivity index (χ3n) is 4.19. The van der Waals surface area contributed by atoms with Gasteiger partial charge in [0.15, 0.2) is 5.96 Å². The molecule has 6 heteroatoms. The second-order valence-corrected chi connectivity index (χ2v) is 6.83. The fourth-order valence-electron chi connectivity index (χ4n) is 2.86. The van der Waals surface area contributed by atoms with Crippen LogP contribution in [0.2, 0.25) is 0 Å². The van der Waals surface area contributed by atoms with Gasteiger partial charge in [0.2, 0.25) is 0 Å². The summed E-state index contributed by atoms with van der Waals surface area (Å²) >= 11 is 1.78. The van der Waals surface area contributed by atoms with Crippen molar-refractivity contribution in [1.82, 2.24) is 10.2 Å². The Morgan fingerprint density at radius 1 is 1.41 bits per heavy atom. The molecular weight excluding hydrogens is 407 g/mol. The highest BCUT2D eigenvalue weighted by Gasteiger charge is 2.17. The first-order valence-electron chi connectivity index (χ1n) is 8.02. The van der Waals surface area contributed by atoms with Crippen molar-refractivity contribution in [2.24, 2.45) is 10.7 Å². The first kappa shape index (κ1) is 19.7. The molecule has 1 aliphatic rings. The number of halogens is 1. The van der Waals surface area contributed by atoms with Crippen molar-refractivity contribution in [2.45, 2.75) is 44.6 Å². The molecule has 0 spiro atoms. The van der Waals surface area contributed by atoms with E-state index < -0.39 is 0 Å². The topological polar surface area (TPSA) is 53.6 Å². The number of hydrogen-bond acceptors (Lipinski definition) is 3. The van der Waals surface area contributed by atoms with Gasteiger partial charge in [-0.1, -0.05) is 25.3 Å². The third-order valence-corrected chi connectivity index (χ3v) is 5.13. The fraction of sp³-hybridized carbons (Fsp3) is 0.688. The Bertz CT molecular complexity index is 416. The molecule has 0 aromatic carbocycles. The molecule has 0 saturated heterocycles. The molecule has 126 valence electrons. The number of hydrogen-bond donors (Lipinski definition) is 2. The Labute approximate surface area is 155 Å². The Kier molecular flexibility index (Phi) is 10.1. The second kappa shape index (κ2) is 11.2. The number of guanidine groups is 1. The zero-order valence-electron chi connectivity index (χ0n) is 13.5. The summed E-state index contributed by atoms with van der Waals surface area (Å²) in [7, 11) is 2.21. The van der Waals surface area contributed by atoms with Crippen LogP contribution in [0.3, 0.4) is 0 Å². The predicted octanol–water partition coefficient (Wildman–Crippen LogP) is 3.08. The van der Waals surface area contributed by atoms with Crippen LogP contribution in [0.5, 0.6) is 0 Å². The molecule has 1 fully saturated rings. The van der Waals surface area contributed by atoms with E-state index in [1.165, 1.54) is 37.0 Å². The number of likely N-dealkylation sites (N-methyl/N-ethyl adjacent to an activating group) is 1. The summed E-state index contributed by atoms with van der Waals surface area (Å²) < 4.78 is 0. The molecule has 3 N–H and O–H groups in total. The van der Waals surface area contributed by atoms with Gasteiger partial charge < -0.3 is 16.0 Å². The maximum atomic E-state index is 5.90. The summed E-state index contributed by atoms with van der Waals surface area (Å²) in [6.45, 7) is 2.64. The first-order valence-corrected chi connectivity index (χ1v) is 8.90. The molecule has 4 nitrogen and oxygen atoms in total. The maximum Gasteiger partial charge on any atom is 0.188 e. The van der Waals surface area contributed by atoms with E-state index >= 15 is 0 Å². The monoisotopic (exact) mass is 436 g/mol. The zero-order chi connectivity index (χ0) is 14.9. The molecule has 2 rings (SSSR count). The molecule has 0 atom stereocenters. The van der Waals surface area contributed by atoms with Crippen LogP contribution in [0.15, 0.2) is 22.5 Å². The van der Waals surface area contributed by atoms with E-state index in [2.05, 4.69) is 39.8 Å². The molecule has 0 bridgehead atoms. The van der Waals surface area contributed by atoms with Crippen molar-refractivity contribution in [1.29, 1.82) is 0 Å². The standard InChI is InChI=1S/C16H28N4S.HI/c1-20(14-6-3-2-4-7-14)12-11-19-16(17)18-10-9-15-8-5-13-21-15;/h5,8,13-14H,2-4,6-7,9-12H2,1H3,(H3,17,18,19);1H. The smallest absolute Gasteiger partial charge is 0.188 e. The third kappa shape index (κ3) is 7.28. The van der Waals surface area contributed by atoms with Gasteiger partial charge in [0.1, 0.15) is 0 Å². The largest absolute Gasteiger partial charge is 0.370 e. The van der Waals surface area contributed by atoms with E-state index in [1.807, 2.05) is 0 Å². The highest BCUT2D eigenvalue weighted by Crippen LogP contribution is 2.21. The quantitative estimate of drug-likeness (QED) is 0.393. The van der Waals surface area contributed by atoms with Crippen LogP contribution in [0.4, 0.5) is 0 Å². The molecule has 22 heavy (non-hydrogen) atoms. The van der Waals surface area contributed by atoms with E-state index in [0.717, 1.165) is 32.1 Å². The summed E-state index contributed by atoms with van der Waals surface area (Å²) in [5.74, 6) is 0.573. The summed E-state index contributed by atoms with van der Waals surface area (Å²) in [4.78, 5) is 8.25. The van der Waals surface area contributed by atoms with E-state index in [0.29, 0.717) is 5.96 Å². The van der Waals surface area contributed by atoms with E-state index in [1.54, 1.807) is 11.3 Å². The normalized spacial score (nSPS) is 16.5. The van der Waals surface area contributed by atoms with Gasteiger partial charge in [0.25, 0.3) is 0 Å². The molecule has 1 aromatic heterocycles. The predicted molar refractivity (Wildman–Crippen MR) is 107 cm³/mol. The van der Waals surface area contributed by atoms with Crippen molar-refractivity contribution >= 4 is 41.3 Å². The lowest BCUT2D eigenvalue weighted by molar-refractivity contribution is 0.196. The van der Waals surface area contributed by atoms with Crippen molar-refractivity contribution in [3.05, 3.63) is 22.4 Å². The van der Waals surface area contributed by atoms with Crippen molar-refractivity contribution < 1.29 is 0 Å². The van der Waals surface area contributed by atoms with Crippen molar-refractivity contribution in [3.63, 3.8) is 0 Å². The Hall–Kier alpha value is -0.340. The zero-order valence-corrected chi connectivity index (χ0v) is 16.6. The number of thiophene rings is 1. The minimum absolute atomic E-state index is 0. The number of nitrogens with one attached hydrogen (secondary N) is 1. The van der Waals surface area contributed by atoms with Crippen LogP contribution in [0.1, 0.15) is 37.0 Å². The fourth-order valence-corrected chi connectivity index (χ4v) is 3.57. The lowest BCUT2D eigenvalue weighted by Crippen LogP contribution is -2.37. The highest BCUT2D eigenvalue weighted by atomic mass is 127. The summed E-state index contributed by atoms with van der Waals surface area (Å²) in [5, 5.41) is 5.30. The molecule has 1 aliphatic carbocycles. The van der Waals surface area contributed by atoms with Crippen molar-refractivity contribution in [3.8, 4) is 0 Å². The SMILES string of the molecule is CN(CCN=C(N)NCCc1cccs1)C1CCCCC1.I. The van der Waals surface area contributed by atoms with Gasteiger partial charge in [-0.15, -0.1) is 35.3 Å².